The molecule has 1 aliphatic heterocycles. The molecule has 1 aromatic rings. The summed E-state index contributed by atoms with van der Waals surface area (Å²) in [7, 11) is 0. The van der Waals surface area contributed by atoms with E-state index in [0.717, 1.165) is 5.56 Å². The SMILES string of the molecule is O=C1CCN(C(=O)C=Cc2ccc(Cl)c(Cl)c2)CCN1. The second-order valence-corrected chi connectivity index (χ2v) is 5.25. The minimum absolute atomic E-state index is 0.0197. The predicted molar refractivity (Wildman–Crippen MR) is 79.7 cm³/mol. The van der Waals surface area contributed by atoms with Crippen molar-refractivity contribution in [2.45, 2.75) is 6.42 Å². The highest BCUT2D eigenvalue weighted by atomic mass is 35.5. The maximum absolute atomic E-state index is 12.0. The van der Waals surface area contributed by atoms with Crippen LogP contribution in [0, 0.1) is 0 Å². The van der Waals surface area contributed by atoms with Crippen LogP contribution in [0.15, 0.2) is 24.3 Å². The molecule has 0 aromatic heterocycles. The first kappa shape index (κ1) is 14.9. The van der Waals surface area contributed by atoms with Crippen LogP contribution in [0.4, 0.5) is 0 Å². The van der Waals surface area contributed by atoms with Crippen LogP contribution in [0.3, 0.4) is 0 Å². The van der Waals surface area contributed by atoms with Gasteiger partial charge in [-0.15, -0.1) is 0 Å². The number of halogens is 2. The van der Waals surface area contributed by atoms with Gasteiger partial charge in [-0.1, -0.05) is 29.3 Å². The van der Waals surface area contributed by atoms with Crippen LogP contribution in [-0.4, -0.2) is 36.3 Å². The van der Waals surface area contributed by atoms with Crippen molar-refractivity contribution in [3.63, 3.8) is 0 Å². The zero-order chi connectivity index (χ0) is 14.5. The lowest BCUT2D eigenvalue weighted by Crippen LogP contribution is -2.32. The van der Waals surface area contributed by atoms with Crippen molar-refractivity contribution in [2.24, 2.45) is 0 Å². The number of hydrogen-bond donors (Lipinski definition) is 1. The van der Waals surface area contributed by atoms with Crippen molar-refractivity contribution in [3.8, 4) is 0 Å². The van der Waals surface area contributed by atoms with E-state index < -0.39 is 0 Å². The standard InChI is InChI=1S/C14H14Cl2N2O2/c15-11-3-1-10(9-12(11)16)2-4-14(20)18-7-5-13(19)17-6-8-18/h1-4,9H,5-8H2,(H,17,19). The monoisotopic (exact) mass is 312 g/mol. The molecule has 20 heavy (non-hydrogen) atoms. The van der Waals surface area contributed by atoms with E-state index in [9.17, 15) is 9.59 Å². The molecule has 1 saturated heterocycles. The Balaban J connectivity index is 2.01. The Labute approximate surface area is 127 Å². The Bertz CT molecular complexity index is 558. The molecule has 0 bridgehead atoms. The van der Waals surface area contributed by atoms with E-state index in [0.29, 0.717) is 36.1 Å². The molecule has 2 amide bonds. The molecule has 1 N–H and O–H groups in total. The number of carbonyl (C=O) groups is 2. The van der Waals surface area contributed by atoms with Crippen molar-refractivity contribution in [1.82, 2.24) is 10.2 Å². The molecule has 1 fully saturated rings. The van der Waals surface area contributed by atoms with Crippen molar-refractivity contribution in [2.75, 3.05) is 19.6 Å². The van der Waals surface area contributed by atoms with Gasteiger partial charge >= 0.3 is 0 Å². The average Bonchev–Trinajstić information content (AvgIpc) is 2.64. The second-order valence-electron chi connectivity index (χ2n) is 4.43. The Morgan fingerprint density at radius 3 is 2.80 bits per heavy atom. The van der Waals surface area contributed by atoms with Gasteiger partial charge in [-0.05, 0) is 23.8 Å². The maximum Gasteiger partial charge on any atom is 0.246 e. The summed E-state index contributed by atoms with van der Waals surface area (Å²) < 4.78 is 0. The molecule has 1 heterocycles. The molecule has 0 spiro atoms. The number of nitrogens with one attached hydrogen (secondary N) is 1. The Morgan fingerprint density at radius 2 is 2.05 bits per heavy atom. The first-order valence-corrected chi connectivity index (χ1v) is 7.00. The smallest absolute Gasteiger partial charge is 0.246 e. The largest absolute Gasteiger partial charge is 0.354 e. The Morgan fingerprint density at radius 1 is 1.25 bits per heavy atom. The Hall–Kier alpha value is -1.52. The summed E-state index contributed by atoms with van der Waals surface area (Å²) in [6, 6.07) is 5.16. The van der Waals surface area contributed by atoms with Crippen molar-refractivity contribution < 1.29 is 9.59 Å². The summed E-state index contributed by atoms with van der Waals surface area (Å²) in [4.78, 5) is 24.9. The number of hydrogen-bond acceptors (Lipinski definition) is 2. The van der Waals surface area contributed by atoms with E-state index in [-0.39, 0.29) is 11.8 Å². The second kappa shape index (κ2) is 6.77. The van der Waals surface area contributed by atoms with Gasteiger partial charge < -0.3 is 10.2 Å². The van der Waals surface area contributed by atoms with Crippen LogP contribution in [0.5, 0.6) is 0 Å². The maximum atomic E-state index is 12.0. The minimum Gasteiger partial charge on any atom is -0.354 e. The van der Waals surface area contributed by atoms with Crippen LogP contribution in [0.1, 0.15) is 12.0 Å². The summed E-state index contributed by atoms with van der Waals surface area (Å²) in [5, 5.41) is 3.66. The van der Waals surface area contributed by atoms with Crippen molar-refractivity contribution in [3.05, 3.63) is 39.9 Å². The molecule has 0 atom stereocenters. The summed E-state index contributed by atoms with van der Waals surface area (Å²) in [5.41, 5.74) is 0.803. The molecule has 4 nitrogen and oxygen atoms in total. The highest BCUT2D eigenvalue weighted by molar-refractivity contribution is 6.42. The van der Waals surface area contributed by atoms with Gasteiger partial charge in [0.15, 0.2) is 0 Å². The fourth-order valence-corrected chi connectivity index (χ4v) is 2.18. The van der Waals surface area contributed by atoms with Gasteiger partial charge in [0.2, 0.25) is 11.8 Å². The molecule has 0 aliphatic carbocycles. The average molecular weight is 313 g/mol. The molecule has 1 aromatic carbocycles. The number of amides is 2. The molecule has 1 aliphatic rings. The molecular weight excluding hydrogens is 299 g/mol. The van der Waals surface area contributed by atoms with Crippen LogP contribution < -0.4 is 5.32 Å². The van der Waals surface area contributed by atoms with Crippen LogP contribution in [0.2, 0.25) is 10.0 Å². The quantitative estimate of drug-likeness (QED) is 0.852. The molecular formula is C14H14Cl2N2O2. The zero-order valence-electron chi connectivity index (χ0n) is 10.7. The minimum atomic E-state index is -0.118. The normalized spacial score (nSPS) is 16.1. The third kappa shape index (κ3) is 3.99. The van der Waals surface area contributed by atoms with E-state index in [1.165, 1.54) is 6.08 Å². The van der Waals surface area contributed by atoms with Crippen molar-refractivity contribution in [1.29, 1.82) is 0 Å². The van der Waals surface area contributed by atoms with Gasteiger partial charge in [-0.3, -0.25) is 9.59 Å². The van der Waals surface area contributed by atoms with Crippen LogP contribution in [-0.2, 0) is 9.59 Å². The summed E-state index contributed by atoms with van der Waals surface area (Å²) in [6.07, 6.45) is 3.51. The summed E-state index contributed by atoms with van der Waals surface area (Å²) >= 11 is 11.7. The number of benzene rings is 1. The number of rotatable bonds is 2. The first-order chi connectivity index (χ1) is 9.56. The van der Waals surface area contributed by atoms with E-state index >= 15 is 0 Å². The molecule has 0 radical (unpaired) electrons. The third-order valence-electron chi connectivity index (χ3n) is 2.99. The summed E-state index contributed by atoms with van der Waals surface area (Å²) in [6.45, 7) is 1.46. The van der Waals surface area contributed by atoms with Crippen molar-refractivity contribution >= 4 is 41.1 Å². The van der Waals surface area contributed by atoms with Gasteiger partial charge in [0.25, 0.3) is 0 Å². The highest BCUT2D eigenvalue weighted by Gasteiger charge is 2.16. The van der Waals surface area contributed by atoms with E-state index in [1.54, 1.807) is 29.2 Å². The molecule has 106 valence electrons. The fourth-order valence-electron chi connectivity index (χ4n) is 1.88. The Kier molecular flexibility index (Phi) is 5.04. The van der Waals surface area contributed by atoms with Crippen LogP contribution in [0.25, 0.3) is 6.08 Å². The van der Waals surface area contributed by atoms with Gasteiger partial charge in [0.1, 0.15) is 0 Å². The molecule has 0 saturated carbocycles. The summed E-state index contributed by atoms with van der Waals surface area (Å²) in [5.74, 6) is -0.138. The van der Waals surface area contributed by atoms with Gasteiger partial charge in [-0.25, -0.2) is 0 Å². The first-order valence-electron chi connectivity index (χ1n) is 6.25. The van der Waals surface area contributed by atoms with E-state index in [4.69, 9.17) is 23.2 Å². The van der Waals surface area contributed by atoms with E-state index in [2.05, 4.69) is 5.32 Å². The lowest BCUT2D eigenvalue weighted by Gasteiger charge is -2.17. The number of nitrogens with zero attached hydrogens (tertiary/aromatic N) is 1. The lowest BCUT2D eigenvalue weighted by molar-refractivity contribution is -0.125. The van der Waals surface area contributed by atoms with Gasteiger partial charge in [0, 0.05) is 32.1 Å². The van der Waals surface area contributed by atoms with Gasteiger partial charge in [0.05, 0.1) is 10.0 Å². The number of carbonyl (C=O) groups excluding carboxylic acids is 2. The molecule has 6 heteroatoms. The predicted octanol–water partition coefficient (Wildman–Crippen LogP) is 2.36. The van der Waals surface area contributed by atoms with Crippen LogP contribution >= 0.6 is 23.2 Å². The fraction of sp³-hybridized carbons (Fsp3) is 0.286. The molecule has 2 rings (SSSR count). The topological polar surface area (TPSA) is 49.4 Å². The highest BCUT2D eigenvalue weighted by Crippen LogP contribution is 2.23. The zero-order valence-corrected chi connectivity index (χ0v) is 12.2. The lowest BCUT2D eigenvalue weighted by atomic mass is 10.2. The van der Waals surface area contributed by atoms with Gasteiger partial charge in [-0.2, -0.15) is 0 Å². The van der Waals surface area contributed by atoms with E-state index in [1.807, 2.05) is 0 Å². The molecule has 0 unspecified atom stereocenters. The third-order valence-corrected chi connectivity index (χ3v) is 3.73.